The maximum atomic E-state index is 12.1. The normalized spacial score (nSPS) is 20.4. The van der Waals surface area contributed by atoms with E-state index < -0.39 is 0 Å². The molecule has 0 bridgehead atoms. The molecule has 16 heavy (non-hydrogen) atoms. The zero-order valence-corrected chi connectivity index (χ0v) is 11.0. The van der Waals surface area contributed by atoms with Crippen molar-refractivity contribution in [1.82, 2.24) is 15.1 Å². The Labute approximate surface area is 104 Å². The molecule has 0 saturated carbocycles. The number of likely N-dealkylation sites (tertiary alicyclic amines) is 1. The van der Waals surface area contributed by atoms with Crippen LogP contribution in [-0.2, 0) is 0 Å². The van der Waals surface area contributed by atoms with Gasteiger partial charge < -0.3 is 4.90 Å². The molecular formula is C11H16BrN3O. The number of carbonyl (C=O) groups excluding carboxylic acids is 1. The Bertz CT molecular complexity index is 377. The second-order valence-electron chi connectivity index (χ2n) is 4.29. The minimum atomic E-state index is 0.114. The second kappa shape index (κ2) is 4.99. The highest BCUT2D eigenvalue weighted by Gasteiger charge is 2.27. The first-order valence-corrected chi connectivity index (χ1v) is 6.69. The summed E-state index contributed by atoms with van der Waals surface area (Å²) >= 11 is 3.45. The number of nitrogens with zero attached hydrogens (tertiary/aromatic N) is 2. The van der Waals surface area contributed by atoms with E-state index in [9.17, 15) is 4.79 Å². The molecule has 5 heteroatoms. The summed E-state index contributed by atoms with van der Waals surface area (Å²) in [7, 11) is 0. The predicted molar refractivity (Wildman–Crippen MR) is 65.7 cm³/mol. The van der Waals surface area contributed by atoms with Gasteiger partial charge in [0.05, 0.1) is 11.8 Å². The first-order chi connectivity index (χ1) is 7.72. The van der Waals surface area contributed by atoms with Crippen LogP contribution in [0, 0.1) is 12.8 Å². The van der Waals surface area contributed by atoms with Crippen molar-refractivity contribution in [2.75, 3.05) is 18.4 Å². The number of aromatic nitrogens is 2. The predicted octanol–water partition coefficient (Wildman–Crippen LogP) is 1.97. The van der Waals surface area contributed by atoms with Crippen molar-refractivity contribution in [3.05, 3.63) is 17.5 Å². The summed E-state index contributed by atoms with van der Waals surface area (Å²) in [5.74, 6) is 0.763. The van der Waals surface area contributed by atoms with Crippen LogP contribution in [0.4, 0.5) is 0 Å². The van der Waals surface area contributed by atoms with E-state index in [4.69, 9.17) is 0 Å². The number of aryl methyl sites for hydroxylation is 1. The fourth-order valence-electron chi connectivity index (χ4n) is 2.14. The molecule has 1 amide bonds. The maximum absolute atomic E-state index is 12.1. The lowest BCUT2D eigenvalue weighted by atomic mass is 10.1. The standard InChI is InChI=1S/C11H16BrN3O/c1-8-10(6-13-14-8)11(16)15-5-3-9(7-15)2-4-12/h6,9H,2-5,7H2,1H3,(H,13,14). The number of halogens is 1. The third-order valence-corrected chi connectivity index (χ3v) is 3.61. The number of aromatic amines is 1. The first kappa shape index (κ1) is 11.6. The molecule has 0 aromatic carbocycles. The molecule has 1 aliphatic heterocycles. The Hall–Kier alpha value is -0.840. The molecule has 2 heterocycles. The third kappa shape index (κ3) is 2.29. The molecule has 0 spiro atoms. The molecule has 1 saturated heterocycles. The van der Waals surface area contributed by atoms with Gasteiger partial charge in [-0.2, -0.15) is 5.10 Å². The van der Waals surface area contributed by atoms with Crippen molar-refractivity contribution in [3.63, 3.8) is 0 Å². The number of nitrogens with one attached hydrogen (secondary N) is 1. The Balaban J connectivity index is 2.00. The highest BCUT2D eigenvalue weighted by atomic mass is 79.9. The van der Waals surface area contributed by atoms with Gasteiger partial charge in [-0.05, 0) is 25.7 Å². The van der Waals surface area contributed by atoms with Gasteiger partial charge >= 0.3 is 0 Å². The van der Waals surface area contributed by atoms with Crippen LogP contribution in [0.5, 0.6) is 0 Å². The Kier molecular flexibility index (Phi) is 3.63. The van der Waals surface area contributed by atoms with Crippen molar-refractivity contribution in [1.29, 1.82) is 0 Å². The number of rotatable bonds is 3. The average molecular weight is 286 g/mol. The van der Waals surface area contributed by atoms with Gasteiger partial charge in [0.2, 0.25) is 0 Å². The van der Waals surface area contributed by atoms with E-state index in [2.05, 4.69) is 26.1 Å². The van der Waals surface area contributed by atoms with Crippen LogP contribution in [0.1, 0.15) is 28.9 Å². The van der Waals surface area contributed by atoms with Gasteiger partial charge in [-0.15, -0.1) is 0 Å². The van der Waals surface area contributed by atoms with Gasteiger partial charge in [0.25, 0.3) is 5.91 Å². The lowest BCUT2D eigenvalue weighted by Gasteiger charge is -2.15. The van der Waals surface area contributed by atoms with Crippen LogP contribution in [-0.4, -0.2) is 39.4 Å². The van der Waals surface area contributed by atoms with Gasteiger partial charge in [0.1, 0.15) is 0 Å². The monoisotopic (exact) mass is 285 g/mol. The van der Waals surface area contributed by atoms with Gasteiger partial charge in [0.15, 0.2) is 0 Å². The minimum Gasteiger partial charge on any atom is -0.338 e. The van der Waals surface area contributed by atoms with E-state index in [-0.39, 0.29) is 5.91 Å². The molecular weight excluding hydrogens is 270 g/mol. The van der Waals surface area contributed by atoms with Crippen LogP contribution in [0.15, 0.2) is 6.20 Å². The molecule has 0 radical (unpaired) electrons. The number of H-pyrrole nitrogens is 1. The van der Waals surface area contributed by atoms with E-state index >= 15 is 0 Å². The third-order valence-electron chi connectivity index (χ3n) is 3.15. The molecule has 1 aromatic rings. The summed E-state index contributed by atoms with van der Waals surface area (Å²) in [5, 5.41) is 7.71. The van der Waals surface area contributed by atoms with E-state index in [0.29, 0.717) is 11.5 Å². The largest absolute Gasteiger partial charge is 0.338 e. The first-order valence-electron chi connectivity index (χ1n) is 5.57. The van der Waals surface area contributed by atoms with Crippen molar-refractivity contribution in [3.8, 4) is 0 Å². The quantitative estimate of drug-likeness (QED) is 0.864. The summed E-state index contributed by atoms with van der Waals surface area (Å²) in [6.45, 7) is 3.64. The lowest BCUT2D eigenvalue weighted by Crippen LogP contribution is -2.29. The maximum Gasteiger partial charge on any atom is 0.257 e. The van der Waals surface area contributed by atoms with Crippen LogP contribution in [0.3, 0.4) is 0 Å². The number of carbonyl (C=O) groups is 1. The van der Waals surface area contributed by atoms with Gasteiger partial charge in [-0.25, -0.2) is 0 Å². The van der Waals surface area contributed by atoms with E-state index in [1.54, 1.807) is 6.20 Å². The number of hydrogen-bond donors (Lipinski definition) is 1. The van der Waals surface area contributed by atoms with Gasteiger partial charge in [0, 0.05) is 24.1 Å². The smallest absolute Gasteiger partial charge is 0.257 e. The topological polar surface area (TPSA) is 49.0 Å². The molecule has 4 nitrogen and oxygen atoms in total. The summed E-state index contributed by atoms with van der Waals surface area (Å²) in [4.78, 5) is 14.1. The Morgan fingerprint density at radius 3 is 3.19 bits per heavy atom. The Morgan fingerprint density at radius 2 is 2.56 bits per heavy atom. The van der Waals surface area contributed by atoms with Crippen molar-refractivity contribution >= 4 is 21.8 Å². The number of hydrogen-bond acceptors (Lipinski definition) is 2. The van der Waals surface area contributed by atoms with Crippen LogP contribution >= 0.6 is 15.9 Å². The molecule has 1 atom stereocenters. The second-order valence-corrected chi connectivity index (χ2v) is 5.09. The zero-order chi connectivity index (χ0) is 11.5. The Morgan fingerprint density at radius 1 is 1.75 bits per heavy atom. The minimum absolute atomic E-state index is 0.114. The zero-order valence-electron chi connectivity index (χ0n) is 9.37. The fourth-order valence-corrected chi connectivity index (χ4v) is 2.79. The average Bonchev–Trinajstić information content (AvgIpc) is 2.87. The SMILES string of the molecule is Cc1[nH]ncc1C(=O)N1CCC(CCBr)C1. The summed E-state index contributed by atoms with van der Waals surface area (Å²) in [6.07, 6.45) is 3.89. The molecule has 1 fully saturated rings. The summed E-state index contributed by atoms with van der Waals surface area (Å²) in [5.41, 5.74) is 1.56. The van der Waals surface area contributed by atoms with E-state index in [0.717, 1.165) is 37.0 Å². The molecule has 0 aliphatic carbocycles. The van der Waals surface area contributed by atoms with Crippen molar-refractivity contribution in [2.24, 2.45) is 5.92 Å². The number of alkyl halides is 1. The molecule has 1 unspecified atom stereocenters. The summed E-state index contributed by atoms with van der Waals surface area (Å²) < 4.78 is 0. The van der Waals surface area contributed by atoms with Crippen molar-refractivity contribution < 1.29 is 4.79 Å². The van der Waals surface area contributed by atoms with Crippen LogP contribution < -0.4 is 0 Å². The van der Waals surface area contributed by atoms with E-state index in [1.807, 2.05) is 11.8 Å². The molecule has 1 aliphatic rings. The molecule has 2 rings (SSSR count). The van der Waals surface area contributed by atoms with Crippen LogP contribution in [0.2, 0.25) is 0 Å². The molecule has 88 valence electrons. The number of amides is 1. The molecule has 1 N–H and O–H groups in total. The van der Waals surface area contributed by atoms with Crippen LogP contribution in [0.25, 0.3) is 0 Å². The van der Waals surface area contributed by atoms with Crippen molar-refractivity contribution in [2.45, 2.75) is 19.8 Å². The van der Waals surface area contributed by atoms with Gasteiger partial charge in [-0.3, -0.25) is 9.89 Å². The lowest BCUT2D eigenvalue weighted by molar-refractivity contribution is 0.0786. The fraction of sp³-hybridized carbons (Fsp3) is 0.636. The highest BCUT2D eigenvalue weighted by Crippen LogP contribution is 2.22. The highest BCUT2D eigenvalue weighted by molar-refractivity contribution is 9.09. The van der Waals surface area contributed by atoms with E-state index in [1.165, 1.54) is 0 Å². The van der Waals surface area contributed by atoms with Gasteiger partial charge in [-0.1, -0.05) is 15.9 Å². The summed E-state index contributed by atoms with van der Waals surface area (Å²) in [6, 6.07) is 0. The molecule has 1 aromatic heterocycles.